The van der Waals surface area contributed by atoms with Crippen LogP contribution >= 0.6 is 0 Å². The fraction of sp³-hybridized carbons (Fsp3) is 0.400. The van der Waals surface area contributed by atoms with Crippen LogP contribution in [0.1, 0.15) is 31.0 Å². The van der Waals surface area contributed by atoms with Crippen LogP contribution in [-0.2, 0) is 9.53 Å². The maximum Gasteiger partial charge on any atom is 0.330 e. The Morgan fingerprint density at radius 1 is 1.53 bits per heavy atom. The van der Waals surface area contributed by atoms with Gasteiger partial charge in [0.25, 0.3) is 0 Å². The molecule has 0 amide bonds. The van der Waals surface area contributed by atoms with Gasteiger partial charge >= 0.3 is 5.97 Å². The van der Waals surface area contributed by atoms with E-state index in [4.69, 9.17) is 4.74 Å². The van der Waals surface area contributed by atoms with Gasteiger partial charge in [-0.3, -0.25) is 0 Å². The van der Waals surface area contributed by atoms with Crippen molar-refractivity contribution in [2.24, 2.45) is 0 Å². The molecule has 1 atom stereocenters. The molecule has 3 nitrogen and oxygen atoms in total. The normalized spacial score (nSPS) is 12.6. The number of ether oxygens (including phenoxy) is 1. The monoisotopic (exact) mass is 265 g/mol. The van der Waals surface area contributed by atoms with Crippen LogP contribution in [0.4, 0.5) is 4.39 Å². The molecule has 0 heterocycles. The topological polar surface area (TPSA) is 38.3 Å². The lowest BCUT2D eigenvalue weighted by Gasteiger charge is -2.13. The first kappa shape index (κ1) is 15.4. The molecule has 4 heteroatoms. The van der Waals surface area contributed by atoms with Crippen molar-refractivity contribution >= 4 is 5.97 Å². The summed E-state index contributed by atoms with van der Waals surface area (Å²) in [7, 11) is 0. The predicted molar refractivity (Wildman–Crippen MR) is 73.3 cm³/mol. The van der Waals surface area contributed by atoms with Gasteiger partial charge in [0.15, 0.2) is 0 Å². The first-order valence-electron chi connectivity index (χ1n) is 6.37. The largest absolute Gasteiger partial charge is 0.463 e. The van der Waals surface area contributed by atoms with Crippen molar-refractivity contribution < 1.29 is 13.9 Å². The Kier molecular flexibility index (Phi) is 6.22. The lowest BCUT2D eigenvalue weighted by Crippen LogP contribution is -2.19. The van der Waals surface area contributed by atoms with Crippen molar-refractivity contribution in [2.75, 3.05) is 13.2 Å². The van der Waals surface area contributed by atoms with Gasteiger partial charge in [-0.1, -0.05) is 18.2 Å². The number of hydrogen-bond donors (Lipinski definition) is 1. The standard InChI is InChI=1S/C15H20FNO2/c1-4-19-15(18)6-5-9-17-12(3)13-8-7-11(2)14(16)10-13/h5-8,10,12,17H,4,9H2,1-3H3/b6-5+. The zero-order chi connectivity index (χ0) is 14.3. The van der Waals surface area contributed by atoms with Gasteiger partial charge in [0.2, 0.25) is 0 Å². The van der Waals surface area contributed by atoms with E-state index in [1.165, 1.54) is 12.1 Å². The minimum Gasteiger partial charge on any atom is -0.463 e. The summed E-state index contributed by atoms with van der Waals surface area (Å²) in [5.41, 5.74) is 1.52. The first-order valence-corrected chi connectivity index (χ1v) is 6.37. The summed E-state index contributed by atoms with van der Waals surface area (Å²) in [5, 5.41) is 3.18. The summed E-state index contributed by atoms with van der Waals surface area (Å²) in [6.45, 7) is 6.34. The van der Waals surface area contributed by atoms with Crippen molar-refractivity contribution in [3.63, 3.8) is 0 Å². The Morgan fingerprint density at radius 3 is 2.89 bits per heavy atom. The van der Waals surface area contributed by atoms with Gasteiger partial charge < -0.3 is 10.1 Å². The average molecular weight is 265 g/mol. The molecule has 0 aliphatic rings. The third-order valence-electron chi connectivity index (χ3n) is 2.78. The highest BCUT2D eigenvalue weighted by Gasteiger charge is 2.06. The number of hydrogen-bond acceptors (Lipinski definition) is 3. The summed E-state index contributed by atoms with van der Waals surface area (Å²) >= 11 is 0. The molecule has 1 unspecified atom stereocenters. The molecule has 104 valence electrons. The lowest BCUT2D eigenvalue weighted by atomic mass is 10.1. The van der Waals surface area contributed by atoms with Gasteiger partial charge in [0.1, 0.15) is 5.82 Å². The molecule has 0 fully saturated rings. The Balaban J connectivity index is 2.45. The van der Waals surface area contributed by atoms with Crippen LogP contribution in [0.2, 0.25) is 0 Å². The predicted octanol–water partition coefficient (Wildman–Crippen LogP) is 2.90. The molecule has 1 rings (SSSR count). The molecule has 0 spiro atoms. The molecule has 0 radical (unpaired) electrons. The molecule has 0 aromatic heterocycles. The third kappa shape index (κ3) is 5.22. The molecule has 1 aromatic carbocycles. The number of aryl methyl sites for hydroxylation is 1. The second-order valence-corrected chi connectivity index (χ2v) is 4.29. The maximum absolute atomic E-state index is 13.4. The van der Waals surface area contributed by atoms with Crippen molar-refractivity contribution in [2.45, 2.75) is 26.8 Å². The van der Waals surface area contributed by atoms with Crippen LogP contribution in [0.5, 0.6) is 0 Å². The second kappa shape index (κ2) is 7.69. The van der Waals surface area contributed by atoms with Gasteiger partial charge in [0, 0.05) is 18.7 Å². The van der Waals surface area contributed by atoms with Crippen LogP contribution in [0.15, 0.2) is 30.4 Å². The lowest BCUT2D eigenvalue weighted by molar-refractivity contribution is -0.137. The SMILES string of the molecule is CCOC(=O)/C=C/CNC(C)c1ccc(C)c(F)c1. The van der Waals surface area contributed by atoms with Crippen LogP contribution in [0.3, 0.4) is 0 Å². The molecule has 0 bridgehead atoms. The molecule has 0 saturated carbocycles. The van der Waals surface area contributed by atoms with E-state index in [2.05, 4.69) is 5.32 Å². The van der Waals surface area contributed by atoms with Crippen LogP contribution in [0, 0.1) is 12.7 Å². The Morgan fingerprint density at radius 2 is 2.26 bits per heavy atom. The van der Waals surface area contributed by atoms with Crippen molar-refractivity contribution in [3.05, 3.63) is 47.3 Å². The summed E-state index contributed by atoms with van der Waals surface area (Å²) in [6.07, 6.45) is 3.08. The zero-order valence-corrected chi connectivity index (χ0v) is 11.6. The number of carbonyl (C=O) groups excluding carboxylic acids is 1. The highest BCUT2D eigenvalue weighted by atomic mass is 19.1. The second-order valence-electron chi connectivity index (χ2n) is 4.29. The van der Waals surface area contributed by atoms with E-state index in [1.807, 2.05) is 13.0 Å². The summed E-state index contributed by atoms with van der Waals surface area (Å²) in [5.74, 6) is -0.549. The molecule has 1 N–H and O–H groups in total. The Bertz CT molecular complexity index is 457. The minimum absolute atomic E-state index is 0.0157. The molecular weight excluding hydrogens is 245 g/mol. The molecule has 19 heavy (non-hydrogen) atoms. The highest BCUT2D eigenvalue weighted by molar-refractivity contribution is 5.81. The maximum atomic E-state index is 13.4. The fourth-order valence-corrected chi connectivity index (χ4v) is 1.59. The number of rotatable bonds is 6. The highest BCUT2D eigenvalue weighted by Crippen LogP contribution is 2.15. The molecule has 0 aliphatic carbocycles. The average Bonchev–Trinajstić information content (AvgIpc) is 2.38. The minimum atomic E-state index is -0.349. The van der Waals surface area contributed by atoms with E-state index >= 15 is 0 Å². The van der Waals surface area contributed by atoms with Crippen LogP contribution in [-0.4, -0.2) is 19.1 Å². The van der Waals surface area contributed by atoms with E-state index in [-0.39, 0.29) is 17.8 Å². The van der Waals surface area contributed by atoms with Crippen molar-refractivity contribution in [1.82, 2.24) is 5.32 Å². The van der Waals surface area contributed by atoms with E-state index in [1.54, 1.807) is 26.0 Å². The Hall–Kier alpha value is -1.68. The van der Waals surface area contributed by atoms with E-state index < -0.39 is 0 Å². The van der Waals surface area contributed by atoms with Gasteiger partial charge in [-0.15, -0.1) is 0 Å². The van der Waals surface area contributed by atoms with Gasteiger partial charge in [0.05, 0.1) is 6.61 Å². The van der Waals surface area contributed by atoms with Crippen molar-refractivity contribution in [3.8, 4) is 0 Å². The quantitative estimate of drug-likeness (QED) is 0.635. The fourth-order valence-electron chi connectivity index (χ4n) is 1.59. The first-order chi connectivity index (χ1) is 9.04. The summed E-state index contributed by atoms with van der Waals surface area (Å²) in [4.78, 5) is 11.1. The number of nitrogens with one attached hydrogen (secondary N) is 1. The number of carbonyl (C=O) groups is 1. The van der Waals surface area contributed by atoms with E-state index in [9.17, 15) is 9.18 Å². The van der Waals surface area contributed by atoms with Gasteiger partial charge in [-0.2, -0.15) is 0 Å². The summed E-state index contributed by atoms with van der Waals surface area (Å²) < 4.78 is 18.2. The van der Waals surface area contributed by atoms with Gasteiger partial charge in [-0.05, 0) is 38.0 Å². The zero-order valence-electron chi connectivity index (χ0n) is 11.6. The Labute approximate surface area is 113 Å². The van der Waals surface area contributed by atoms with E-state index in [0.29, 0.717) is 18.7 Å². The molecule has 1 aromatic rings. The smallest absolute Gasteiger partial charge is 0.330 e. The molecule has 0 aliphatic heterocycles. The van der Waals surface area contributed by atoms with Gasteiger partial charge in [-0.25, -0.2) is 9.18 Å². The van der Waals surface area contributed by atoms with Crippen LogP contribution in [0.25, 0.3) is 0 Å². The van der Waals surface area contributed by atoms with Crippen LogP contribution < -0.4 is 5.32 Å². The number of benzene rings is 1. The number of halogens is 1. The molecule has 0 saturated heterocycles. The third-order valence-corrected chi connectivity index (χ3v) is 2.78. The van der Waals surface area contributed by atoms with E-state index in [0.717, 1.165) is 5.56 Å². The summed E-state index contributed by atoms with van der Waals surface area (Å²) in [6, 6.07) is 5.20. The number of esters is 1. The molecular formula is C15H20FNO2. The van der Waals surface area contributed by atoms with Crippen molar-refractivity contribution in [1.29, 1.82) is 0 Å².